The van der Waals surface area contributed by atoms with Gasteiger partial charge in [-0.3, -0.25) is 0 Å². The van der Waals surface area contributed by atoms with E-state index in [0.717, 1.165) is 0 Å². The first-order chi connectivity index (χ1) is 3.91. The van der Waals surface area contributed by atoms with E-state index >= 15 is 0 Å². The van der Waals surface area contributed by atoms with Gasteiger partial charge in [-0.05, 0) is 0 Å². The second kappa shape index (κ2) is 22.8. The summed E-state index contributed by atoms with van der Waals surface area (Å²) in [6.07, 6.45) is 0. The van der Waals surface area contributed by atoms with Gasteiger partial charge in [0.15, 0.2) is 6.79 Å². The topological polar surface area (TPSA) is 27.7 Å². The van der Waals surface area contributed by atoms with E-state index in [1.807, 2.05) is 0 Å². The molecule has 60 valence electrons. The van der Waals surface area contributed by atoms with E-state index in [4.69, 9.17) is 0 Å². The van der Waals surface area contributed by atoms with Crippen LogP contribution in [-0.4, -0.2) is 21.0 Å². The zero-order valence-corrected chi connectivity index (χ0v) is 9.00. The van der Waals surface area contributed by atoms with E-state index in [0.29, 0.717) is 0 Å². The smallest absolute Gasteiger partial charge is 0.180 e. The van der Waals surface area contributed by atoms with E-state index in [9.17, 15) is 0 Å². The van der Waals surface area contributed by atoms with Crippen molar-refractivity contribution in [3.63, 3.8) is 0 Å². The minimum absolute atomic E-state index is 0. The quantitative estimate of drug-likeness (QED) is 0.254. The molecule has 0 unspecified atom stereocenters. The Hall–Kier alpha value is 1.34. The van der Waals surface area contributed by atoms with Crippen molar-refractivity contribution in [2.24, 2.45) is 0 Å². The van der Waals surface area contributed by atoms with E-state index < -0.39 is 0 Å². The first kappa shape index (κ1) is 16.7. The van der Waals surface area contributed by atoms with Gasteiger partial charge in [-0.15, -0.1) is 0 Å². The van der Waals surface area contributed by atoms with Crippen molar-refractivity contribution in [2.45, 2.75) is 7.43 Å². The van der Waals surface area contributed by atoms with Gasteiger partial charge in [0.05, 0.1) is 7.11 Å². The molecule has 0 aliphatic carbocycles. The molecular weight excluding hydrogens is 350 g/mol. The lowest BCUT2D eigenvalue weighted by atomic mass is 11.4. The Labute approximate surface area is 79.7 Å². The number of halogens is 2. The van der Waals surface area contributed by atoms with E-state index in [2.05, 4.69) is 51.7 Å². The minimum atomic E-state index is 0. The SMILES string of the molecule is C.COCOOC.II. The standard InChI is InChI=1S/C3H8O3.CH4.I2/c1-4-3-6-5-2;;1-2/h3H2,1-2H3;1H4;. The van der Waals surface area contributed by atoms with Crippen molar-refractivity contribution in [3.05, 3.63) is 0 Å². The molecule has 0 radical (unpaired) electrons. The van der Waals surface area contributed by atoms with Crippen LogP contribution >= 0.6 is 37.2 Å². The molecule has 5 heteroatoms. The highest BCUT2D eigenvalue weighted by molar-refractivity contribution is 15.0. The van der Waals surface area contributed by atoms with Gasteiger partial charge in [0.1, 0.15) is 0 Å². The number of hydrogen-bond donors (Lipinski definition) is 0. The van der Waals surface area contributed by atoms with Crippen LogP contribution in [0.3, 0.4) is 0 Å². The summed E-state index contributed by atoms with van der Waals surface area (Å²) >= 11 is 4.24. The van der Waals surface area contributed by atoms with Crippen LogP contribution in [0.1, 0.15) is 7.43 Å². The molecule has 0 amide bonds. The van der Waals surface area contributed by atoms with E-state index in [1.165, 1.54) is 14.2 Å². The summed E-state index contributed by atoms with van der Waals surface area (Å²) in [5, 5.41) is 0. The number of ether oxygens (including phenoxy) is 1. The molecule has 0 aromatic heterocycles. The zero-order chi connectivity index (χ0) is 6.83. The van der Waals surface area contributed by atoms with Crippen molar-refractivity contribution >= 4 is 37.2 Å². The Bertz CT molecular complexity index is 25.8. The lowest BCUT2D eigenvalue weighted by molar-refractivity contribution is -0.314. The molecule has 0 aromatic rings. The van der Waals surface area contributed by atoms with Gasteiger partial charge in [-0.25, -0.2) is 9.78 Å². The number of hydrogen-bond acceptors (Lipinski definition) is 3. The molecule has 3 nitrogen and oxygen atoms in total. The molecule has 0 bridgehead atoms. The molecule has 0 saturated carbocycles. The summed E-state index contributed by atoms with van der Waals surface area (Å²) < 4.78 is 4.44. The fourth-order valence-corrected chi connectivity index (χ4v) is 0.0962. The number of rotatable bonds is 3. The zero-order valence-electron chi connectivity index (χ0n) is 4.69. The van der Waals surface area contributed by atoms with Gasteiger partial charge < -0.3 is 4.74 Å². The summed E-state index contributed by atoms with van der Waals surface area (Å²) in [5.74, 6) is 0. The molecule has 0 aliphatic heterocycles. The van der Waals surface area contributed by atoms with Gasteiger partial charge in [0.25, 0.3) is 0 Å². The second-order valence-electron chi connectivity index (χ2n) is 0.691. The Balaban J connectivity index is -0.000000109. The van der Waals surface area contributed by atoms with E-state index in [-0.39, 0.29) is 14.2 Å². The van der Waals surface area contributed by atoms with Crippen LogP contribution in [0.2, 0.25) is 0 Å². The van der Waals surface area contributed by atoms with Gasteiger partial charge in [0, 0.05) is 44.3 Å². The van der Waals surface area contributed by atoms with Crippen molar-refractivity contribution < 1.29 is 14.5 Å². The molecule has 0 aromatic carbocycles. The highest BCUT2D eigenvalue weighted by Crippen LogP contribution is 1.89. The van der Waals surface area contributed by atoms with Crippen LogP contribution in [-0.2, 0) is 14.5 Å². The first-order valence-corrected chi connectivity index (χ1v) is 7.99. The molecule has 0 N–H and O–H groups in total. The second-order valence-corrected chi connectivity index (χ2v) is 0.691. The minimum Gasteiger partial charge on any atom is -0.355 e. The Kier molecular flexibility index (Phi) is 42.4. The third kappa shape index (κ3) is 26.7. The van der Waals surface area contributed by atoms with Crippen LogP contribution < -0.4 is 0 Å². The molecule has 0 saturated heterocycles. The van der Waals surface area contributed by atoms with Gasteiger partial charge >= 0.3 is 0 Å². The van der Waals surface area contributed by atoms with Crippen LogP contribution in [0, 0.1) is 0 Å². The fraction of sp³-hybridized carbons (Fsp3) is 1.00. The van der Waals surface area contributed by atoms with E-state index in [1.54, 1.807) is 0 Å². The molecule has 0 spiro atoms. The summed E-state index contributed by atoms with van der Waals surface area (Å²) in [6.45, 7) is 0.191. The van der Waals surface area contributed by atoms with Crippen molar-refractivity contribution in [3.8, 4) is 0 Å². The third-order valence-electron chi connectivity index (χ3n) is 0.284. The normalized spacial score (nSPS) is 6.67. The van der Waals surface area contributed by atoms with Crippen LogP contribution in [0.15, 0.2) is 0 Å². The Morgan fingerprint density at radius 3 is 1.78 bits per heavy atom. The fourth-order valence-electron chi connectivity index (χ4n) is 0.0962. The highest BCUT2D eigenvalue weighted by atomic mass is 128. The molecule has 0 heterocycles. The molecule has 0 rings (SSSR count). The Morgan fingerprint density at radius 2 is 1.67 bits per heavy atom. The Morgan fingerprint density at radius 1 is 1.22 bits per heavy atom. The maximum atomic E-state index is 4.44. The molecule has 9 heavy (non-hydrogen) atoms. The van der Waals surface area contributed by atoms with Crippen LogP contribution in [0.4, 0.5) is 0 Å². The summed E-state index contributed by atoms with van der Waals surface area (Å²) in [5.41, 5.74) is 0. The monoisotopic (exact) mass is 362 g/mol. The predicted molar refractivity (Wildman–Crippen MR) is 54.7 cm³/mol. The van der Waals surface area contributed by atoms with Gasteiger partial charge in [-0.1, -0.05) is 7.43 Å². The molecule has 0 aliphatic rings. The average Bonchev–Trinajstić information content (AvgIpc) is 1.88. The van der Waals surface area contributed by atoms with Crippen molar-refractivity contribution in [1.29, 1.82) is 0 Å². The summed E-state index contributed by atoms with van der Waals surface area (Å²) in [7, 11) is 2.96. The van der Waals surface area contributed by atoms with Crippen molar-refractivity contribution in [1.82, 2.24) is 0 Å². The lowest BCUT2D eigenvalue weighted by Gasteiger charge is -1.92. The van der Waals surface area contributed by atoms with Crippen molar-refractivity contribution in [2.75, 3.05) is 21.0 Å². The van der Waals surface area contributed by atoms with Gasteiger partial charge in [-0.2, -0.15) is 0 Å². The largest absolute Gasteiger partial charge is 0.355 e. The number of methoxy groups -OCH3 is 1. The highest BCUT2D eigenvalue weighted by Gasteiger charge is 1.71. The lowest BCUT2D eigenvalue weighted by Crippen LogP contribution is -1.92. The maximum Gasteiger partial charge on any atom is 0.180 e. The maximum absolute atomic E-state index is 4.44. The first-order valence-electron chi connectivity index (χ1n) is 1.70. The summed E-state index contributed by atoms with van der Waals surface area (Å²) in [4.78, 5) is 8.42. The molecular formula is C4H12I2O3. The predicted octanol–water partition coefficient (Wildman–Crippen LogP) is 2.58. The molecule has 0 atom stereocenters. The van der Waals surface area contributed by atoms with Crippen LogP contribution in [0.5, 0.6) is 0 Å². The summed E-state index contributed by atoms with van der Waals surface area (Å²) in [6, 6.07) is 0. The van der Waals surface area contributed by atoms with Crippen LogP contribution in [0.25, 0.3) is 0 Å². The molecule has 0 fully saturated rings. The third-order valence-corrected chi connectivity index (χ3v) is 0.284. The van der Waals surface area contributed by atoms with Gasteiger partial charge in [0.2, 0.25) is 0 Å². The average molecular weight is 362 g/mol.